The van der Waals surface area contributed by atoms with Crippen LogP contribution < -0.4 is 11.1 Å². The smallest absolute Gasteiger partial charge is 0.254 e. The van der Waals surface area contributed by atoms with Gasteiger partial charge in [-0.25, -0.2) is 0 Å². The van der Waals surface area contributed by atoms with Crippen molar-refractivity contribution in [3.8, 4) is 0 Å². The molecule has 1 aliphatic rings. The second kappa shape index (κ2) is 8.49. The molecule has 0 spiro atoms. The molecular formula is C18H28ClN3O2. The number of nitrogens with one attached hydrogen (secondary N) is 1. The van der Waals surface area contributed by atoms with E-state index >= 15 is 0 Å². The second-order valence-corrected chi connectivity index (χ2v) is 7.16. The van der Waals surface area contributed by atoms with E-state index in [1.165, 1.54) is 0 Å². The SMILES string of the molecule is CC(C)(C)C(=O)NCc1ccc(C(=O)N2CCCC2CN)cc1.Cl. The largest absolute Gasteiger partial charge is 0.352 e. The van der Waals surface area contributed by atoms with Crippen LogP contribution in [0.25, 0.3) is 0 Å². The van der Waals surface area contributed by atoms with Crippen molar-refractivity contribution in [3.05, 3.63) is 35.4 Å². The van der Waals surface area contributed by atoms with Gasteiger partial charge in [0.2, 0.25) is 5.91 Å². The van der Waals surface area contributed by atoms with Gasteiger partial charge in [0.1, 0.15) is 0 Å². The van der Waals surface area contributed by atoms with Gasteiger partial charge in [-0.1, -0.05) is 32.9 Å². The fourth-order valence-electron chi connectivity index (χ4n) is 2.73. The maximum atomic E-state index is 12.5. The van der Waals surface area contributed by atoms with Crippen LogP contribution in [0.5, 0.6) is 0 Å². The quantitative estimate of drug-likeness (QED) is 0.872. The molecule has 1 unspecified atom stereocenters. The van der Waals surface area contributed by atoms with E-state index in [4.69, 9.17) is 5.73 Å². The lowest BCUT2D eigenvalue weighted by atomic mass is 9.95. The Labute approximate surface area is 150 Å². The molecule has 0 aromatic heterocycles. The summed E-state index contributed by atoms with van der Waals surface area (Å²) in [6, 6.07) is 7.60. The number of carbonyl (C=O) groups excluding carboxylic acids is 2. The van der Waals surface area contributed by atoms with Crippen LogP contribution in [0.4, 0.5) is 0 Å². The first-order chi connectivity index (χ1) is 10.8. The highest BCUT2D eigenvalue weighted by molar-refractivity contribution is 5.94. The summed E-state index contributed by atoms with van der Waals surface area (Å²) in [4.78, 5) is 26.3. The molecular weight excluding hydrogens is 326 g/mol. The summed E-state index contributed by atoms with van der Waals surface area (Å²) in [5.74, 6) is 0.0590. The van der Waals surface area contributed by atoms with E-state index in [9.17, 15) is 9.59 Å². The summed E-state index contributed by atoms with van der Waals surface area (Å²) in [7, 11) is 0. The lowest BCUT2D eigenvalue weighted by Gasteiger charge is -2.23. The molecule has 5 nitrogen and oxygen atoms in total. The van der Waals surface area contributed by atoms with Crippen molar-refractivity contribution in [1.29, 1.82) is 0 Å². The molecule has 1 saturated heterocycles. The molecule has 24 heavy (non-hydrogen) atoms. The zero-order valence-electron chi connectivity index (χ0n) is 14.7. The standard InChI is InChI=1S/C18H27N3O2.ClH/c1-18(2,3)17(23)20-12-13-6-8-14(9-7-13)16(22)21-10-4-5-15(21)11-19;/h6-9,15H,4-5,10-12,19H2,1-3H3,(H,20,23);1H. The number of halogens is 1. The molecule has 134 valence electrons. The van der Waals surface area contributed by atoms with Gasteiger partial charge in [-0.15, -0.1) is 12.4 Å². The zero-order valence-corrected chi connectivity index (χ0v) is 15.5. The number of amides is 2. The Hall–Kier alpha value is -1.59. The van der Waals surface area contributed by atoms with E-state index in [2.05, 4.69) is 5.32 Å². The van der Waals surface area contributed by atoms with Crippen molar-refractivity contribution in [3.63, 3.8) is 0 Å². The predicted octanol–water partition coefficient (Wildman–Crippen LogP) is 2.33. The molecule has 0 aliphatic carbocycles. The number of hydrogen-bond acceptors (Lipinski definition) is 3. The maximum absolute atomic E-state index is 12.5. The molecule has 2 rings (SSSR count). The number of likely N-dealkylation sites (tertiary alicyclic amines) is 1. The van der Waals surface area contributed by atoms with Gasteiger partial charge in [0.25, 0.3) is 5.91 Å². The highest BCUT2D eigenvalue weighted by atomic mass is 35.5. The lowest BCUT2D eigenvalue weighted by molar-refractivity contribution is -0.128. The van der Waals surface area contributed by atoms with Crippen LogP contribution in [-0.4, -0.2) is 35.8 Å². The van der Waals surface area contributed by atoms with E-state index in [0.717, 1.165) is 24.9 Å². The summed E-state index contributed by atoms with van der Waals surface area (Å²) in [5.41, 5.74) is 6.99. The molecule has 1 aromatic carbocycles. The monoisotopic (exact) mass is 353 g/mol. The van der Waals surface area contributed by atoms with E-state index in [-0.39, 0.29) is 30.3 Å². The number of rotatable bonds is 4. The van der Waals surface area contributed by atoms with Crippen molar-refractivity contribution >= 4 is 24.2 Å². The average Bonchev–Trinajstić information content (AvgIpc) is 3.00. The molecule has 2 amide bonds. The number of nitrogens with two attached hydrogens (primary N) is 1. The minimum absolute atomic E-state index is 0. The van der Waals surface area contributed by atoms with Crippen LogP contribution in [0.3, 0.4) is 0 Å². The summed E-state index contributed by atoms with van der Waals surface area (Å²) >= 11 is 0. The fraction of sp³-hybridized carbons (Fsp3) is 0.556. The number of carbonyl (C=O) groups is 2. The van der Waals surface area contributed by atoms with Crippen molar-refractivity contribution in [2.45, 2.75) is 46.2 Å². The molecule has 1 atom stereocenters. The van der Waals surface area contributed by atoms with Crippen LogP contribution in [0.1, 0.15) is 49.5 Å². The molecule has 0 radical (unpaired) electrons. The van der Waals surface area contributed by atoms with Gasteiger partial charge in [0, 0.05) is 36.7 Å². The van der Waals surface area contributed by atoms with Crippen molar-refractivity contribution in [2.24, 2.45) is 11.1 Å². The number of nitrogens with zero attached hydrogens (tertiary/aromatic N) is 1. The minimum atomic E-state index is -0.400. The number of benzene rings is 1. The van der Waals surface area contributed by atoms with Crippen LogP contribution in [0.15, 0.2) is 24.3 Å². The first-order valence-electron chi connectivity index (χ1n) is 8.21. The van der Waals surface area contributed by atoms with Gasteiger partial charge in [-0.3, -0.25) is 9.59 Å². The molecule has 1 heterocycles. The van der Waals surface area contributed by atoms with Crippen molar-refractivity contribution in [2.75, 3.05) is 13.1 Å². The Bertz CT molecular complexity index is 567. The van der Waals surface area contributed by atoms with Crippen LogP contribution in [0.2, 0.25) is 0 Å². The maximum Gasteiger partial charge on any atom is 0.254 e. The molecule has 1 aliphatic heterocycles. The van der Waals surface area contributed by atoms with Gasteiger partial charge < -0.3 is 16.0 Å². The third-order valence-electron chi connectivity index (χ3n) is 4.25. The Morgan fingerprint density at radius 3 is 2.42 bits per heavy atom. The summed E-state index contributed by atoms with van der Waals surface area (Å²) < 4.78 is 0. The lowest BCUT2D eigenvalue weighted by Crippen LogP contribution is -2.39. The van der Waals surface area contributed by atoms with E-state index in [1.807, 2.05) is 49.9 Å². The first-order valence-corrected chi connectivity index (χ1v) is 8.21. The molecule has 1 fully saturated rings. The van der Waals surface area contributed by atoms with Crippen LogP contribution >= 0.6 is 12.4 Å². The van der Waals surface area contributed by atoms with Gasteiger partial charge in [-0.2, -0.15) is 0 Å². The topological polar surface area (TPSA) is 75.4 Å². The van der Waals surface area contributed by atoms with Gasteiger partial charge in [0.15, 0.2) is 0 Å². The first kappa shape index (κ1) is 20.5. The Balaban J connectivity index is 0.00000288. The van der Waals surface area contributed by atoms with Crippen LogP contribution in [-0.2, 0) is 11.3 Å². The summed E-state index contributed by atoms with van der Waals surface area (Å²) in [5, 5.41) is 2.91. The zero-order chi connectivity index (χ0) is 17.0. The summed E-state index contributed by atoms with van der Waals surface area (Å²) in [6.07, 6.45) is 2.00. The Morgan fingerprint density at radius 1 is 1.25 bits per heavy atom. The van der Waals surface area contributed by atoms with E-state index in [0.29, 0.717) is 18.7 Å². The molecule has 0 saturated carbocycles. The third kappa shape index (κ3) is 4.95. The number of hydrogen-bond donors (Lipinski definition) is 2. The third-order valence-corrected chi connectivity index (χ3v) is 4.25. The van der Waals surface area contributed by atoms with Crippen LogP contribution in [0, 0.1) is 5.41 Å². The normalized spacial score (nSPS) is 17.3. The Morgan fingerprint density at radius 2 is 1.88 bits per heavy atom. The molecule has 3 N–H and O–H groups in total. The highest BCUT2D eigenvalue weighted by Crippen LogP contribution is 2.19. The Kier molecular flexibility index (Phi) is 7.24. The highest BCUT2D eigenvalue weighted by Gasteiger charge is 2.28. The molecule has 6 heteroatoms. The van der Waals surface area contributed by atoms with Gasteiger partial charge in [-0.05, 0) is 30.5 Å². The minimum Gasteiger partial charge on any atom is -0.352 e. The van der Waals surface area contributed by atoms with Crippen molar-refractivity contribution < 1.29 is 9.59 Å². The summed E-state index contributed by atoms with van der Waals surface area (Å²) in [6.45, 7) is 7.42. The van der Waals surface area contributed by atoms with Gasteiger partial charge in [0.05, 0.1) is 0 Å². The van der Waals surface area contributed by atoms with Gasteiger partial charge >= 0.3 is 0 Å². The van der Waals surface area contributed by atoms with E-state index in [1.54, 1.807) is 0 Å². The predicted molar refractivity (Wildman–Crippen MR) is 98.1 cm³/mol. The van der Waals surface area contributed by atoms with Crippen molar-refractivity contribution in [1.82, 2.24) is 10.2 Å². The second-order valence-electron chi connectivity index (χ2n) is 7.16. The molecule has 1 aromatic rings. The molecule has 0 bridgehead atoms. The fourth-order valence-corrected chi connectivity index (χ4v) is 2.73. The average molecular weight is 354 g/mol. The van der Waals surface area contributed by atoms with E-state index < -0.39 is 5.41 Å².